The minimum atomic E-state index is 0.369. The Morgan fingerprint density at radius 2 is 2.00 bits per heavy atom. The number of rotatable bonds is 6. The summed E-state index contributed by atoms with van der Waals surface area (Å²) in [5.74, 6) is 1.18. The highest BCUT2D eigenvalue weighted by Crippen LogP contribution is 2.08. The molecule has 3 nitrogen and oxygen atoms in total. The monoisotopic (exact) mass is 254 g/mol. The summed E-state index contributed by atoms with van der Waals surface area (Å²) in [5.41, 5.74) is 1.36. The van der Waals surface area contributed by atoms with Gasteiger partial charge in [-0.05, 0) is 37.5 Å². The molecule has 0 fully saturated rings. The third-order valence-electron chi connectivity index (χ3n) is 3.11. The van der Waals surface area contributed by atoms with E-state index in [1.54, 1.807) is 6.07 Å². The van der Waals surface area contributed by atoms with Gasteiger partial charge in [-0.2, -0.15) is 5.26 Å². The molecule has 1 N–H and O–H groups in total. The summed E-state index contributed by atoms with van der Waals surface area (Å²) < 4.78 is 5.32. The highest BCUT2D eigenvalue weighted by atomic mass is 16.3. The zero-order valence-corrected chi connectivity index (χ0v) is 11.1. The van der Waals surface area contributed by atoms with Crippen LogP contribution in [-0.2, 0) is 13.0 Å². The maximum Gasteiger partial charge on any atom is 0.203 e. The Bertz CT molecular complexity index is 539. The number of hydrogen-bond donors (Lipinski definition) is 1. The van der Waals surface area contributed by atoms with E-state index in [-0.39, 0.29) is 0 Å². The molecule has 2 aromatic rings. The first-order valence-electron chi connectivity index (χ1n) is 6.54. The van der Waals surface area contributed by atoms with Crippen molar-refractivity contribution in [2.75, 3.05) is 0 Å². The number of nitrogens with one attached hydrogen (secondary N) is 1. The van der Waals surface area contributed by atoms with Gasteiger partial charge in [0.15, 0.2) is 0 Å². The Labute approximate surface area is 113 Å². The van der Waals surface area contributed by atoms with Crippen LogP contribution in [0.25, 0.3) is 0 Å². The van der Waals surface area contributed by atoms with E-state index in [1.165, 1.54) is 5.56 Å². The van der Waals surface area contributed by atoms with Crippen molar-refractivity contribution >= 4 is 0 Å². The molecule has 0 saturated carbocycles. The number of benzene rings is 1. The van der Waals surface area contributed by atoms with Crippen LogP contribution < -0.4 is 5.32 Å². The summed E-state index contributed by atoms with van der Waals surface area (Å²) >= 11 is 0. The Morgan fingerprint density at radius 1 is 1.21 bits per heavy atom. The van der Waals surface area contributed by atoms with Crippen LogP contribution in [0, 0.1) is 11.3 Å². The largest absolute Gasteiger partial charge is 0.449 e. The molecule has 19 heavy (non-hydrogen) atoms. The number of nitriles is 1. The fourth-order valence-electron chi connectivity index (χ4n) is 1.94. The zero-order valence-electron chi connectivity index (χ0n) is 11.1. The lowest BCUT2D eigenvalue weighted by Gasteiger charge is -2.12. The van der Waals surface area contributed by atoms with Crippen molar-refractivity contribution < 1.29 is 4.42 Å². The van der Waals surface area contributed by atoms with Crippen LogP contribution in [0.3, 0.4) is 0 Å². The summed E-state index contributed by atoms with van der Waals surface area (Å²) in [6.07, 6.45) is 2.15. The highest BCUT2D eigenvalue weighted by molar-refractivity contribution is 5.19. The third-order valence-corrected chi connectivity index (χ3v) is 3.11. The Morgan fingerprint density at radius 3 is 2.68 bits per heavy atom. The predicted molar refractivity (Wildman–Crippen MR) is 74.5 cm³/mol. The molecule has 0 amide bonds. The van der Waals surface area contributed by atoms with E-state index >= 15 is 0 Å². The smallest absolute Gasteiger partial charge is 0.203 e. The topological polar surface area (TPSA) is 49.0 Å². The van der Waals surface area contributed by atoms with Gasteiger partial charge in [-0.3, -0.25) is 0 Å². The molecule has 3 heteroatoms. The first kappa shape index (κ1) is 13.4. The fourth-order valence-corrected chi connectivity index (χ4v) is 1.94. The molecule has 0 saturated heterocycles. The van der Waals surface area contributed by atoms with Gasteiger partial charge in [0.1, 0.15) is 11.8 Å². The van der Waals surface area contributed by atoms with Crippen molar-refractivity contribution in [3.8, 4) is 6.07 Å². The van der Waals surface area contributed by atoms with Gasteiger partial charge < -0.3 is 9.73 Å². The second-order valence-corrected chi connectivity index (χ2v) is 4.68. The minimum absolute atomic E-state index is 0.369. The Kier molecular flexibility index (Phi) is 4.77. The van der Waals surface area contributed by atoms with Crippen molar-refractivity contribution in [1.29, 1.82) is 5.26 Å². The molecule has 0 aliphatic heterocycles. The molecule has 1 unspecified atom stereocenters. The van der Waals surface area contributed by atoms with Crippen LogP contribution in [0.2, 0.25) is 0 Å². The molecule has 0 aliphatic rings. The minimum Gasteiger partial charge on any atom is -0.449 e. The van der Waals surface area contributed by atoms with Crippen LogP contribution >= 0.6 is 0 Å². The number of hydrogen-bond acceptors (Lipinski definition) is 3. The molecule has 0 radical (unpaired) electrons. The SMILES string of the molecule is CC(CCc1ccccc1)NCc1ccc(C#N)o1. The van der Waals surface area contributed by atoms with Gasteiger partial charge in [0.05, 0.1) is 6.54 Å². The van der Waals surface area contributed by atoms with E-state index in [2.05, 4.69) is 36.5 Å². The van der Waals surface area contributed by atoms with E-state index in [1.807, 2.05) is 18.2 Å². The van der Waals surface area contributed by atoms with Crippen LogP contribution in [0.5, 0.6) is 0 Å². The second-order valence-electron chi connectivity index (χ2n) is 4.68. The molecule has 98 valence electrons. The molecule has 0 bridgehead atoms. The lowest BCUT2D eigenvalue weighted by Crippen LogP contribution is -2.25. The van der Waals surface area contributed by atoms with Gasteiger partial charge >= 0.3 is 0 Å². The van der Waals surface area contributed by atoms with Gasteiger partial charge in [0.25, 0.3) is 0 Å². The molecular weight excluding hydrogens is 236 g/mol. The van der Waals surface area contributed by atoms with Gasteiger partial charge in [-0.15, -0.1) is 0 Å². The Hall–Kier alpha value is -2.05. The lowest BCUT2D eigenvalue weighted by molar-refractivity contribution is 0.438. The third kappa shape index (κ3) is 4.27. The second kappa shape index (κ2) is 6.77. The quantitative estimate of drug-likeness (QED) is 0.860. The maximum atomic E-state index is 8.67. The number of aryl methyl sites for hydroxylation is 1. The van der Waals surface area contributed by atoms with E-state index < -0.39 is 0 Å². The number of furan rings is 1. The van der Waals surface area contributed by atoms with Crippen LogP contribution in [0.4, 0.5) is 0 Å². The summed E-state index contributed by atoms with van der Waals surface area (Å²) in [6.45, 7) is 2.83. The van der Waals surface area contributed by atoms with Gasteiger partial charge in [0.2, 0.25) is 5.76 Å². The van der Waals surface area contributed by atoms with E-state index in [4.69, 9.17) is 9.68 Å². The van der Waals surface area contributed by atoms with Gasteiger partial charge in [-0.25, -0.2) is 0 Å². The molecule has 0 aliphatic carbocycles. The van der Waals surface area contributed by atoms with Gasteiger partial charge in [0, 0.05) is 6.04 Å². The van der Waals surface area contributed by atoms with Crippen molar-refractivity contribution in [2.24, 2.45) is 0 Å². The number of nitrogens with zero attached hydrogens (tertiary/aromatic N) is 1. The lowest BCUT2D eigenvalue weighted by atomic mass is 10.1. The van der Waals surface area contributed by atoms with E-state index in [0.29, 0.717) is 18.3 Å². The average Bonchev–Trinajstić information content (AvgIpc) is 2.92. The van der Waals surface area contributed by atoms with Crippen molar-refractivity contribution in [2.45, 2.75) is 32.4 Å². The molecule has 1 aromatic heterocycles. The molecule has 1 aromatic carbocycles. The molecule has 0 spiro atoms. The normalized spacial score (nSPS) is 12.0. The summed E-state index contributed by atoms with van der Waals surface area (Å²) in [5, 5.41) is 12.1. The van der Waals surface area contributed by atoms with E-state index in [0.717, 1.165) is 18.6 Å². The summed E-state index contributed by atoms with van der Waals surface area (Å²) in [4.78, 5) is 0. The van der Waals surface area contributed by atoms with Crippen molar-refractivity contribution in [3.63, 3.8) is 0 Å². The first-order valence-corrected chi connectivity index (χ1v) is 6.54. The molecular formula is C16H18N2O. The predicted octanol–water partition coefficient (Wildman–Crippen LogP) is 3.26. The maximum absolute atomic E-state index is 8.67. The van der Waals surface area contributed by atoms with Crippen LogP contribution in [0.15, 0.2) is 46.9 Å². The molecule has 1 atom stereocenters. The fraction of sp³-hybridized carbons (Fsp3) is 0.312. The summed E-state index contributed by atoms with van der Waals surface area (Å²) in [6, 6.07) is 16.4. The average molecular weight is 254 g/mol. The highest BCUT2D eigenvalue weighted by Gasteiger charge is 2.05. The first-order chi connectivity index (χ1) is 9.28. The van der Waals surface area contributed by atoms with Crippen molar-refractivity contribution in [3.05, 3.63) is 59.5 Å². The van der Waals surface area contributed by atoms with Crippen molar-refractivity contribution in [1.82, 2.24) is 5.32 Å². The summed E-state index contributed by atoms with van der Waals surface area (Å²) in [7, 11) is 0. The molecule has 1 heterocycles. The molecule has 2 rings (SSSR count). The van der Waals surface area contributed by atoms with Gasteiger partial charge in [-0.1, -0.05) is 30.3 Å². The standard InChI is InChI=1S/C16H18N2O/c1-13(7-8-14-5-3-2-4-6-14)18-12-16-10-9-15(11-17)19-16/h2-6,9-10,13,18H,7-8,12H2,1H3. The Balaban J connectivity index is 1.73. The van der Waals surface area contributed by atoms with E-state index in [9.17, 15) is 0 Å². The zero-order chi connectivity index (χ0) is 13.5. The van der Waals surface area contributed by atoms with Crippen LogP contribution in [0.1, 0.15) is 30.4 Å². The van der Waals surface area contributed by atoms with Crippen LogP contribution in [-0.4, -0.2) is 6.04 Å².